The zero-order valence-corrected chi connectivity index (χ0v) is 13.7. The fraction of sp³-hybridized carbons (Fsp3) is 0.333. The Kier molecular flexibility index (Phi) is 4.29. The van der Waals surface area contributed by atoms with Crippen LogP contribution in [0.15, 0.2) is 30.3 Å². The zero-order chi connectivity index (χ0) is 17.3. The lowest BCUT2D eigenvalue weighted by atomic mass is 9.99. The fourth-order valence-electron chi connectivity index (χ4n) is 3.12. The van der Waals surface area contributed by atoms with Crippen LogP contribution in [0, 0.1) is 6.92 Å². The smallest absolute Gasteiger partial charge is 0.336 e. The van der Waals surface area contributed by atoms with Gasteiger partial charge in [0.05, 0.1) is 11.3 Å². The number of aryl methyl sites for hydroxylation is 1. The van der Waals surface area contributed by atoms with E-state index in [1.54, 1.807) is 38.1 Å². The summed E-state index contributed by atoms with van der Waals surface area (Å²) in [5.74, 6) is -0.151. The number of hydrogen-bond acceptors (Lipinski definition) is 4. The number of hydrogen-bond donors (Lipinski definition) is 1. The van der Waals surface area contributed by atoms with Crippen molar-refractivity contribution >= 4 is 11.9 Å². The molecule has 124 valence electrons. The monoisotopic (exact) mass is 325 g/mol. The highest BCUT2D eigenvalue weighted by atomic mass is 16.4. The van der Waals surface area contributed by atoms with Gasteiger partial charge in [0.2, 0.25) is 5.91 Å². The maximum Gasteiger partial charge on any atom is 0.336 e. The summed E-state index contributed by atoms with van der Waals surface area (Å²) in [7, 11) is 0. The molecule has 1 amide bonds. The summed E-state index contributed by atoms with van der Waals surface area (Å²) < 4.78 is 0. The number of aromatic carboxylic acids is 1. The van der Waals surface area contributed by atoms with Gasteiger partial charge in [-0.1, -0.05) is 18.2 Å². The highest BCUT2D eigenvalue weighted by molar-refractivity contribution is 5.95. The molecule has 0 bridgehead atoms. The van der Waals surface area contributed by atoms with Crippen molar-refractivity contribution < 1.29 is 14.7 Å². The minimum atomic E-state index is -0.980. The molecule has 1 atom stereocenters. The van der Waals surface area contributed by atoms with Crippen LogP contribution in [0.25, 0.3) is 11.3 Å². The van der Waals surface area contributed by atoms with Crippen LogP contribution in [-0.4, -0.2) is 44.9 Å². The Bertz CT molecular complexity index is 804. The van der Waals surface area contributed by atoms with Crippen LogP contribution in [0.2, 0.25) is 0 Å². The van der Waals surface area contributed by atoms with Crippen molar-refractivity contribution in [1.29, 1.82) is 0 Å². The summed E-state index contributed by atoms with van der Waals surface area (Å²) in [6, 6.07) is 8.67. The summed E-state index contributed by atoms with van der Waals surface area (Å²) >= 11 is 0. The summed E-state index contributed by atoms with van der Waals surface area (Å²) in [6.07, 6.45) is 0.857. The first-order valence-corrected chi connectivity index (χ1v) is 7.89. The molecule has 3 rings (SSSR count). The third-order valence-electron chi connectivity index (χ3n) is 4.34. The standard InChI is InChI=1S/C18H19N3O3/c1-11-19-16(13-7-8-21(10-13)12(2)22)9-17(20-11)14-5-3-4-6-15(14)18(23)24/h3-6,9,13H,7-8,10H2,1-2H3,(H,23,24). The van der Waals surface area contributed by atoms with E-state index in [1.807, 2.05) is 11.0 Å². The average Bonchev–Trinajstić information content (AvgIpc) is 3.04. The Morgan fingerprint density at radius 1 is 1.25 bits per heavy atom. The number of amides is 1. The molecule has 1 unspecified atom stereocenters. The van der Waals surface area contributed by atoms with E-state index in [2.05, 4.69) is 9.97 Å². The van der Waals surface area contributed by atoms with E-state index < -0.39 is 5.97 Å². The average molecular weight is 325 g/mol. The second-order valence-corrected chi connectivity index (χ2v) is 6.03. The van der Waals surface area contributed by atoms with Gasteiger partial charge in [0, 0.05) is 37.2 Å². The van der Waals surface area contributed by atoms with Crippen LogP contribution in [0.5, 0.6) is 0 Å². The van der Waals surface area contributed by atoms with Gasteiger partial charge < -0.3 is 10.0 Å². The SMILES string of the molecule is CC(=O)N1CCC(c2cc(-c3ccccc3C(=O)O)nc(C)n2)C1. The molecule has 6 nitrogen and oxygen atoms in total. The number of carboxylic acid groups (broad SMARTS) is 1. The van der Waals surface area contributed by atoms with Crippen LogP contribution < -0.4 is 0 Å². The third kappa shape index (κ3) is 3.13. The molecule has 1 aromatic heterocycles. The molecule has 0 aliphatic carbocycles. The van der Waals surface area contributed by atoms with E-state index in [1.165, 1.54) is 0 Å². The van der Waals surface area contributed by atoms with Gasteiger partial charge >= 0.3 is 5.97 Å². The summed E-state index contributed by atoms with van der Waals surface area (Å²) in [5.41, 5.74) is 2.27. The molecule has 2 heterocycles. The molecule has 1 aromatic carbocycles. The highest BCUT2D eigenvalue weighted by Crippen LogP contribution is 2.29. The molecule has 6 heteroatoms. The van der Waals surface area contributed by atoms with Gasteiger partial charge in [-0.3, -0.25) is 4.79 Å². The van der Waals surface area contributed by atoms with Crippen LogP contribution >= 0.6 is 0 Å². The van der Waals surface area contributed by atoms with E-state index in [0.29, 0.717) is 23.6 Å². The lowest BCUT2D eigenvalue weighted by Gasteiger charge is -2.15. The molecule has 0 radical (unpaired) electrons. The molecule has 2 aromatic rings. The molecule has 0 saturated carbocycles. The lowest BCUT2D eigenvalue weighted by molar-refractivity contribution is -0.127. The Labute approximate surface area is 140 Å². The minimum Gasteiger partial charge on any atom is -0.478 e. The minimum absolute atomic E-state index is 0.0692. The van der Waals surface area contributed by atoms with Crippen molar-refractivity contribution in [2.75, 3.05) is 13.1 Å². The number of rotatable bonds is 3. The maximum absolute atomic E-state index is 11.5. The molecule has 1 aliphatic rings. The Morgan fingerprint density at radius 2 is 2.00 bits per heavy atom. The van der Waals surface area contributed by atoms with E-state index in [9.17, 15) is 14.7 Å². The van der Waals surface area contributed by atoms with Gasteiger partial charge in [-0.2, -0.15) is 0 Å². The van der Waals surface area contributed by atoms with Crippen LogP contribution in [0.1, 0.15) is 41.1 Å². The molecule has 24 heavy (non-hydrogen) atoms. The zero-order valence-electron chi connectivity index (χ0n) is 13.7. The van der Waals surface area contributed by atoms with Crippen molar-refractivity contribution in [2.24, 2.45) is 0 Å². The number of nitrogens with zero attached hydrogens (tertiary/aromatic N) is 3. The first-order chi connectivity index (χ1) is 11.5. The van der Waals surface area contributed by atoms with Crippen molar-refractivity contribution in [1.82, 2.24) is 14.9 Å². The molecule has 0 spiro atoms. The van der Waals surface area contributed by atoms with Gasteiger partial charge in [-0.15, -0.1) is 0 Å². The predicted molar refractivity (Wildman–Crippen MR) is 88.8 cm³/mol. The highest BCUT2D eigenvalue weighted by Gasteiger charge is 2.27. The van der Waals surface area contributed by atoms with E-state index >= 15 is 0 Å². The number of carbonyl (C=O) groups is 2. The van der Waals surface area contributed by atoms with Crippen molar-refractivity contribution in [2.45, 2.75) is 26.2 Å². The first kappa shape index (κ1) is 16.1. The van der Waals surface area contributed by atoms with Gasteiger partial charge in [0.1, 0.15) is 5.82 Å². The van der Waals surface area contributed by atoms with E-state index in [0.717, 1.165) is 18.7 Å². The van der Waals surface area contributed by atoms with Gasteiger partial charge in [-0.05, 0) is 25.5 Å². The van der Waals surface area contributed by atoms with E-state index in [-0.39, 0.29) is 17.4 Å². The Hall–Kier alpha value is -2.76. The van der Waals surface area contributed by atoms with Crippen molar-refractivity contribution in [3.63, 3.8) is 0 Å². The van der Waals surface area contributed by atoms with Crippen LogP contribution in [0.4, 0.5) is 0 Å². The predicted octanol–water partition coefficient (Wildman–Crippen LogP) is 2.49. The second kappa shape index (κ2) is 6.39. The first-order valence-electron chi connectivity index (χ1n) is 7.89. The maximum atomic E-state index is 11.5. The fourth-order valence-corrected chi connectivity index (χ4v) is 3.12. The normalized spacial score (nSPS) is 17.1. The summed E-state index contributed by atoms with van der Waals surface area (Å²) in [6.45, 7) is 4.74. The van der Waals surface area contributed by atoms with Crippen molar-refractivity contribution in [3.05, 3.63) is 47.4 Å². The number of aromatic nitrogens is 2. The number of benzene rings is 1. The number of carbonyl (C=O) groups excluding carboxylic acids is 1. The Morgan fingerprint density at radius 3 is 2.67 bits per heavy atom. The van der Waals surface area contributed by atoms with E-state index in [4.69, 9.17) is 0 Å². The second-order valence-electron chi connectivity index (χ2n) is 6.03. The molecule has 1 N–H and O–H groups in total. The largest absolute Gasteiger partial charge is 0.478 e. The van der Waals surface area contributed by atoms with Gasteiger partial charge in [0.25, 0.3) is 0 Å². The molecule has 1 aliphatic heterocycles. The topological polar surface area (TPSA) is 83.4 Å². The van der Waals surface area contributed by atoms with Crippen LogP contribution in [0.3, 0.4) is 0 Å². The molecular formula is C18H19N3O3. The molecule has 1 saturated heterocycles. The number of likely N-dealkylation sites (tertiary alicyclic amines) is 1. The molecule has 1 fully saturated rings. The van der Waals surface area contributed by atoms with Gasteiger partial charge in [0.15, 0.2) is 0 Å². The van der Waals surface area contributed by atoms with Crippen LogP contribution in [-0.2, 0) is 4.79 Å². The third-order valence-corrected chi connectivity index (χ3v) is 4.34. The molecular weight excluding hydrogens is 306 g/mol. The number of carboxylic acids is 1. The summed E-state index contributed by atoms with van der Waals surface area (Å²) in [5, 5.41) is 9.39. The summed E-state index contributed by atoms with van der Waals surface area (Å²) in [4.78, 5) is 33.7. The Balaban J connectivity index is 1.99. The quantitative estimate of drug-likeness (QED) is 0.937. The lowest BCUT2D eigenvalue weighted by Crippen LogP contribution is -2.25. The van der Waals surface area contributed by atoms with Crippen molar-refractivity contribution in [3.8, 4) is 11.3 Å². The van der Waals surface area contributed by atoms with Gasteiger partial charge in [-0.25, -0.2) is 14.8 Å².